The lowest BCUT2D eigenvalue weighted by molar-refractivity contribution is -0.129. The van der Waals surface area contributed by atoms with Gasteiger partial charge < -0.3 is 15.1 Å². The quantitative estimate of drug-likeness (QED) is 0.894. The van der Waals surface area contributed by atoms with Crippen molar-refractivity contribution >= 4 is 23.4 Å². The van der Waals surface area contributed by atoms with E-state index in [2.05, 4.69) is 54.2 Å². The Balaban J connectivity index is 1.84. The van der Waals surface area contributed by atoms with Crippen molar-refractivity contribution in [2.45, 2.75) is 40.5 Å². The minimum Gasteiger partial charge on any atom is -0.353 e. The minimum absolute atomic E-state index is 0.136. The van der Waals surface area contributed by atoms with Gasteiger partial charge in [-0.3, -0.25) is 4.79 Å². The van der Waals surface area contributed by atoms with Crippen molar-refractivity contribution in [3.63, 3.8) is 0 Å². The second-order valence-electron chi connectivity index (χ2n) is 7.50. The average Bonchev–Trinajstić information content (AvgIpc) is 2.63. The molecule has 0 atom stereocenters. The van der Waals surface area contributed by atoms with E-state index in [4.69, 9.17) is 4.98 Å². The number of carbonyl (C=O) groups is 1. The smallest absolute Gasteiger partial charge is 0.229 e. The summed E-state index contributed by atoms with van der Waals surface area (Å²) in [6, 6.07) is 8.35. The predicted octanol–water partition coefficient (Wildman–Crippen LogP) is 3.63. The van der Waals surface area contributed by atoms with Crippen LogP contribution >= 0.6 is 0 Å². The maximum Gasteiger partial charge on any atom is 0.229 e. The monoisotopic (exact) mass is 367 g/mol. The van der Waals surface area contributed by atoms with Crippen LogP contribution in [0.2, 0.25) is 0 Å². The molecule has 3 rings (SSSR count). The van der Waals surface area contributed by atoms with Gasteiger partial charge in [0.2, 0.25) is 11.9 Å². The Morgan fingerprint density at radius 2 is 1.81 bits per heavy atom. The van der Waals surface area contributed by atoms with E-state index in [0.717, 1.165) is 43.4 Å². The molecule has 27 heavy (non-hydrogen) atoms. The highest BCUT2D eigenvalue weighted by molar-refractivity contribution is 5.73. The van der Waals surface area contributed by atoms with Gasteiger partial charge in [0, 0.05) is 50.6 Å². The molecule has 1 amide bonds. The Morgan fingerprint density at radius 3 is 2.44 bits per heavy atom. The zero-order valence-electron chi connectivity index (χ0n) is 16.9. The van der Waals surface area contributed by atoms with Crippen LogP contribution in [-0.2, 0) is 4.79 Å². The molecule has 0 spiro atoms. The largest absolute Gasteiger partial charge is 0.353 e. The van der Waals surface area contributed by atoms with Crippen LogP contribution in [0.1, 0.15) is 43.5 Å². The van der Waals surface area contributed by atoms with E-state index in [-0.39, 0.29) is 5.91 Å². The van der Waals surface area contributed by atoms with Crippen LogP contribution in [0.25, 0.3) is 0 Å². The summed E-state index contributed by atoms with van der Waals surface area (Å²) in [5.41, 5.74) is 4.46. The summed E-state index contributed by atoms with van der Waals surface area (Å²) < 4.78 is 0. The van der Waals surface area contributed by atoms with Crippen molar-refractivity contribution in [1.29, 1.82) is 0 Å². The highest BCUT2D eigenvalue weighted by atomic mass is 16.2. The molecule has 2 heterocycles. The normalized spacial score (nSPS) is 14.6. The van der Waals surface area contributed by atoms with Crippen molar-refractivity contribution in [2.24, 2.45) is 0 Å². The van der Waals surface area contributed by atoms with Gasteiger partial charge in [0.05, 0.1) is 0 Å². The van der Waals surface area contributed by atoms with Gasteiger partial charge in [-0.1, -0.05) is 32.0 Å². The number of anilines is 3. The number of aromatic nitrogens is 2. The number of nitrogens with one attached hydrogen (secondary N) is 1. The first-order chi connectivity index (χ1) is 12.8. The Morgan fingerprint density at radius 1 is 1.11 bits per heavy atom. The van der Waals surface area contributed by atoms with Gasteiger partial charge in [-0.25, -0.2) is 4.98 Å². The SMILES string of the molecule is CC(=O)N1CCN(c2cc(C)nc(Nc3c(C)cccc3C(C)C)n2)CC1. The number of para-hydroxylation sites is 1. The standard InChI is InChI=1S/C21H29N5O/c1-14(2)18-8-6-7-15(3)20(18)24-21-22-16(4)13-19(23-21)26-11-9-25(10-12-26)17(5)27/h6-8,13-14H,9-12H2,1-5H3,(H,22,23,24). The fourth-order valence-electron chi connectivity index (χ4n) is 3.47. The van der Waals surface area contributed by atoms with Crippen LogP contribution in [-0.4, -0.2) is 47.0 Å². The molecule has 6 heteroatoms. The highest BCUT2D eigenvalue weighted by Gasteiger charge is 2.20. The number of hydrogen-bond donors (Lipinski definition) is 1. The number of aryl methyl sites for hydroxylation is 2. The summed E-state index contributed by atoms with van der Waals surface area (Å²) in [7, 11) is 0. The summed E-state index contributed by atoms with van der Waals surface area (Å²) >= 11 is 0. The first-order valence-electron chi connectivity index (χ1n) is 9.58. The molecule has 0 aliphatic carbocycles. The van der Waals surface area contributed by atoms with Crippen molar-refractivity contribution in [3.8, 4) is 0 Å². The third-order valence-corrected chi connectivity index (χ3v) is 5.05. The first-order valence-corrected chi connectivity index (χ1v) is 9.58. The van der Waals surface area contributed by atoms with E-state index >= 15 is 0 Å². The van der Waals surface area contributed by atoms with Crippen molar-refractivity contribution in [3.05, 3.63) is 41.1 Å². The maximum absolute atomic E-state index is 11.5. The van der Waals surface area contributed by atoms with Gasteiger partial charge >= 0.3 is 0 Å². The van der Waals surface area contributed by atoms with E-state index < -0.39 is 0 Å². The number of piperazine rings is 1. The Hall–Kier alpha value is -2.63. The first kappa shape index (κ1) is 19.1. The molecule has 0 saturated carbocycles. The Kier molecular flexibility index (Phi) is 5.63. The zero-order chi connectivity index (χ0) is 19.6. The van der Waals surface area contributed by atoms with E-state index in [1.54, 1.807) is 6.92 Å². The highest BCUT2D eigenvalue weighted by Crippen LogP contribution is 2.30. The molecule has 1 fully saturated rings. The van der Waals surface area contributed by atoms with Crippen LogP contribution in [0.15, 0.2) is 24.3 Å². The van der Waals surface area contributed by atoms with E-state index in [1.165, 1.54) is 11.1 Å². The number of nitrogens with zero attached hydrogens (tertiary/aromatic N) is 4. The van der Waals surface area contributed by atoms with Gasteiger partial charge in [-0.2, -0.15) is 4.98 Å². The van der Waals surface area contributed by atoms with Crippen LogP contribution < -0.4 is 10.2 Å². The molecule has 2 aromatic rings. The molecule has 0 unspecified atom stereocenters. The van der Waals surface area contributed by atoms with Gasteiger partial charge in [0.15, 0.2) is 0 Å². The molecule has 1 aliphatic rings. The Labute approximate surface area is 161 Å². The molecule has 1 N–H and O–H groups in total. The van der Waals surface area contributed by atoms with Crippen molar-refractivity contribution < 1.29 is 4.79 Å². The molecule has 1 aliphatic heterocycles. The van der Waals surface area contributed by atoms with Gasteiger partial charge in [-0.05, 0) is 30.9 Å². The second-order valence-corrected chi connectivity index (χ2v) is 7.50. The lowest BCUT2D eigenvalue weighted by Crippen LogP contribution is -2.48. The molecule has 144 valence electrons. The van der Waals surface area contributed by atoms with Crippen molar-refractivity contribution in [1.82, 2.24) is 14.9 Å². The number of hydrogen-bond acceptors (Lipinski definition) is 5. The second kappa shape index (κ2) is 7.94. The van der Waals surface area contributed by atoms with Crippen LogP contribution in [0.3, 0.4) is 0 Å². The molecule has 0 bridgehead atoms. The van der Waals surface area contributed by atoms with Crippen molar-refractivity contribution in [2.75, 3.05) is 36.4 Å². The predicted molar refractivity (Wildman–Crippen MR) is 110 cm³/mol. The van der Waals surface area contributed by atoms with Crippen LogP contribution in [0.5, 0.6) is 0 Å². The zero-order valence-corrected chi connectivity index (χ0v) is 16.9. The van der Waals surface area contributed by atoms with E-state index in [0.29, 0.717) is 11.9 Å². The molecule has 0 radical (unpaired) electrons. The molecule has 1 aromatic carbocycles. The number of carbonyl (C=O) groups excluding carboxylic acids is 1. The number of amides is 1. The number of benzene rings is 1. The van der Waals surface area contributed by atoms with Gasteiger partial charge in [0.1, 0.15) is 5.82 Å². The van der Waals surface area contributed by atoms with Gasteiger partial charge in [0.25, 0.3) is 0 Å². The molecular formula is C21H29N5O. The molecule has 6 nitrogen and oxygen atoms in total. The Bertz CT molecular complexity index is 825. The van der Waals surface area contributed by atoms with Gasteiger partial charge in [-0.15, -0.1) is 0 Å². The minimum atomic E-state index is 0.136. The lowest BCUT2D eigenvalue weighted by atomic mass is 9.98. The summed E-state index contributed by atoms with van der Waals surface area (Å²) in [4.78, 5) is 25.0. The maximum atomic E-state index is 11.5. The van der Waals surface area contributed by atoms with E-state index in [1.807, 2.05) is 17.9 Å². The fourth-order valence-corrected chi connectivity index (χ4v) is 3.47. The van der Waals surface area contributed by atoms with E-state index in [9.17, 15) is 4.79 Å². The summed E-state index contributed by atoms with van der Waals surface area (Å²) in [5.74, 6) is 2.08. The number of rotatable bonds is 4. The van der Waals surface area contributed by atoms with Crippen LogP contribution in [0.4, 0.5) is 17.5 Å². The third-order valence-electron chi connectivity index (χ3n) is 5.05. The topological polar surface area (TPSA) is 61.4 Å². The van der Waals surface area contributed by atoms with Crippen LogP contribution in [0, 0.1) is 13.8 Å². The average molecular weight is 367 g/mol. The molecular weight excluding hydrogens is 338 g/mol. The summed E-state index contributed by atoms with van der Waals surface area (Å²) in [6.45, 7) is 13.1. The fraction of sp³-hybridized carbons (Fsp3) is 0.476. The molecule has 1 saturated heterocycles. The summed E-state index contributed by atoms with van der Waals surface area (Å²) in [6.07, 6.45) is 0. The summed E-state index contributed by atoms with van der Waals surface area (Å²) in [5, 5.41) is 3.46. The third kappa shape index (κ3) is 4.38. The molecule has 1 aromatic heterocycles. The lowest BCUT2D eigenvalue weighted by Gasteiger charge is -2.35.